The van der Waals surface area contributed by atoms with Crippen LogP contribution in [0, 0.1) is 12.7 Å². The van der Waals surface area contributed by atoms with E-state index in [0.717, 1.165) is 17.7 Å². The molecule has 1 aliphatic rings. The largest absolute Gasteiger partial charge is 0.308 e. The van der Waals surface area contributed by atoms with Gasteiger partial charge in [0.05, 0.1) is 5.69 Å². The number of likely N-dealkylation sites (N-methyl/N-ethyl adjacent to an activating group) is 1. The summed E-state index contributed by atoms with van der Waals surface area (Å²) in [4.78, 5) is 19.8. The van der Waals surface area contributed by atoms with Gasteiger partial charge in [0.25, 0.3) is 5.91 Å². The van der Waals surface area contributed by atoms with Crippen molar-refractivity contribution in [3.05, 3.63) is 47.9 Å². The zero-order valence-corrected chi connectivity index (χ0v) is 16.5. The molecule has 0 aliphatic carbocycles. The fourth-order valence-corrected chi connectivity index (χ4v) is 4.08. The van der Waals surface area contributed by atoms with Gasteiger partial charge in [0.1, 0.15) is 16.5 Å². The molecule has 0 fully saturated rings. The van der Waals surface area contributed by atoms with Crippen LogP contribution in [0.4, 0.5) is 15.9 Å². The van der Waals surface area contributed by atoms with Crippen molar-refractivity contribution >= 4 is 32.3 Å². The van der Waals surface area contributed by atoms with Gasteiger partial charge in [-0.1, -0.05) is 6.07 Å². The standard InChI is InChI=1S/C18H20FN5O3S/c1-12-4-7-16(20-11-12)21-22-17-18(25)24(9-8-23(2)3)14-6-5-13(19)10-15(14)28(17,26)27/h4-7,10-11H,8-9H2,1-3H3,(H,20,21). The number of sulfone groups is 1. The summed E-state index contributed by atoms with van der Waals surface area (Å²) in [5, 5.41) is 3.11. The predicted octanol–water partition coefficient (Wildman–Crippen LogP) is 1.64. The van der Waals surface area contributed by atoms with Crippen molar-refractivity contribution < 1.29 is 17.6 Å². The lowest BCUT2D eigenvalue weighted by Gasteiger charge is -2.30. The molecule has 0 spiro atoms. The lowest BCUT2D eigenvalue weighted by atomic mass is 10.2. The Morgan fingerprint density at radius 2 is 2.00 bits per heavy atom. The number of nitrogens with one attached hydrogen (secondary N) is 1. The number of hydrogen-bond donors (Lipinski definition) is 1. The van der Waals surface area contributed by atoms with Gasteiger partial charge in [-0.15, -0.1) is 0 Å². The highest BCUT2D eigenvalue weighted by Gasteiger charge is 2.42. The monoisotopic (exact) mass is 405 g/mol. The van der Waals surface area contributed by atoms with E-state index in [-0.39, 0.29) is 22.9 Å². The molecule has 1 aromatic heterocycles. The van der Waals surface area contributed by atoms with E-state index >= 15 is 0 Å². The van der Waals surface area contributed by atoms with E-state index in [1.54, 1.807) is 18.3 Å². The molecule has 2 heterocycles. The number of amides is 1. The molecule has 1 aromatic carbocycles. The first-order valence-electron chi connectivity index (χ1n) is 8.48. The van der Waals surface area contributed by atoms with E-state index in [1.165, 1.54) is 11.0 Å². The highest BCUT2D eigenvalue weighted by molar-refractivity contribution is 8.08. The number of nitrogens with zero attached hydrogens (tertiary/aromatic N) is 4. The van der Waals surface area contributed by atoms with Crippen molar-refractivity contribution in [1.82, 2.24) is 9.88 Å². The van der Waals surface area contributed by atoms with Crippen LogP contribution in [0.3, 0.4) is 0 Å². The minimum absolute atomic E-state index is 0.140. The topological polar surface area (TPSA) is 95.0 Å². The summed E-state index contributed by atoms with van der Waals surface area (Å²) in [5.41, 5.74) is 3.56. The molecule has 10 heteroatoms. The summed E-state index contributed by atoms with van der Waals surface area (Å²) in [7, 11) is -0.630. The average molecular weight is 405 g/mol. The quantitative estimate of drug-likeness (QED) is 0.760. The van der Waals surface area contributed by atoms with Crippen molar-refractivity contribution in [2.45, 2.75) is 11.8 Å². The minimum Gasteiger partial charge on any atom is -0.308 e. The lowest BCUT2D eigenvalue weighted by Crippen LogP contribution is -2.47. The maximum absolute atomic E-state index is 13.8. The normalized spacial score (nSPS) is 17.1. The van der Waals surface area contributed by atoms with E-state index in [1.807, 2.05) is 25.9 Å². The summed E-state index contributed by atoms with van der Waals surface area (Å²) in [6, 6.07) is 6.69. The Morgan fingerprint density at radius 3 is 2.64 bits per heavy atom. The van der Waals surface area contributed by atoms with Crippen molar-refractivity contribution in [2.75, 3.05) is 37.5 Å². The van der Waals surface area contributed by atoms with Crippen LogP contribution in [0.25, 0.3) is 0 Å². The first kappa shape index (κ1) is 19.9. The van der Waals surface area contributed by atoms with E-state index in [4.69, 9.17) is 0 Å². The first-order chi connectivity index (χ1) is 13.2. The maximum atomic E-state index is 13.8. The van der Waals surface area contributed by atoms with Crippen molar-refractivity contribution in [2.24, 2.45) is 5.10 Å². The molecule has 0 radical (unpaired) electrons. The van der Waals surface area contributed by atoms with Gasteiger partial charge in [0.15, 0.2) is 0 Å². The SMILES string of the molecule is Cc1ccc(NN=C2C(=O)N(CCN(C)C)c3ccc(F)cc3S2(=O)=O)nc1. The Kier molecular flexibility index (Phi) is 5.43. The van der Waals surface area contributed by atoms with Gasteiger partial charge in [-0.2, -0.15) is 5.10 Å². The van der Waals surface area contributed by atoms with Crippen LogP contribution in [-0.4, -0.2) is 56.4 Å². The Balaban J connectivity index is 2.05. The van der Waals surface area contributed by atoms with Gasteiger partial charge < -0.3 is 9.80 Å². The zero-order valence-electron chi connectivity index (χ0n) is 15.7. The molecule has 148 valence electrons. The number of aryl methyl sites for hydroxylation is 1. The summed E-state index contributed by atoms with van der Waals surface area (Å²) >= 11 is 0. The van der Waals surface area contributed by atoms with Crippen LogP contribution in [0.2, 0.25) is 0 Å². The number of carbonyl (C=O) groups is 1. The third-order valence-electron chi connectivity index (χ3n) is 4.14. The van der Waals surface area contributed by atoms with E-state index in [2.05, 4.69) is 15.5 Å². The molecule has 0 bridgehead atoms. The Morgan fingerprint density at radius 1 is 1.25 bits per heavy atom. The third-order valence-corrected chi connectivity index (χ3v) is 5.82. The molecule has 0 saturated heterocycles. The summed E-state index contributed by atoms with van der Waals surface area (Å²) in [6.45, 7) is 2.57. The van der Waals surface area contributed by atoms with Gasteiger partial charge in [-0.25, -0.2) is 17.8 Å². The van der Waals surface area contributed by atoms with Crippen molar-refractivity contribution in [3.8, 4) is 0 Å². The fourth-order valence-electron chi connectivity index (χ4n) is 2.64. The van der Waals surface area contributed by atoms with Crippen LogP contribution in [0.5, 0.6) is 0 Å². The molecule has 0 atom stereocenters. The number of hydrazone groups is 1. The molecule has 3 rings (SSSR count). The van der Waals surface area contributed by atoms with Crippen LogP contribution in [0.1, 0.15) is 5.56 Å². The number of hydrogen-bond acceptors (Lipinski definition) is 7. The molecule has 0 saturated carbocycles. The molecule has 2 aromatic rings. The second-order valence-electron chi connectivity index (χ2n) is 6.63. The molecular weight excluding hydrogens is 385 g/mol. The average Bonchev–Trinajstić information content (AvgIpc) is 2.63. The molecule has 1 aliphatic heterocycles. The fraction of sp³-hybridized carbons (Fsp3) is 0.278. The maximum Gasteiger partial charge on any atom is 0.291 e. The molecule has 0 unspecified atom stereocenters. The Bertz CT molecular complexity index is 1040. The summed E-state index contributed by atoms with van der Waals surface area (Å²) in [5.74, 6) is -1.21. The molecule has 1 amide bonds. The van der Waals surface area contributed by atoms with Gasteiger partial charge in [0.2, 0.25) is 14.9 Å². The van der Waals surface area contributed by atoms with E-state index in [9.17, 15) is 17.6 Å². The number of fused-ring (bicyclic) bond motifs is 1. The highest BCUT2D eigenvalue weighted by atomic mass is 32.2. The summed E-state index contributed by atoms with van der Waals surface area (Å²) < 4.78 is 39.6. The van der Waals surface area contributed by atoms with E-state index < -0.39 is 26.6 Å². The van der Waals surface area contributed by atoms with Crippen molar-refractivity contribution in [1.29, 1.82) is 0 Å². The number of pyridine rings is 1. The van der Waals surface area contributed by atoms with Crippen LogP contribution in [-0.2, 0) is 14.6 Å². The van der Waals surface area contributed by atoms with Gasteiger partial charge in [0, 0.05) is 19.3 Å². The number of benzene rings is 1. The van der Waals surface area contributed by atoms with Crippen molar-refractivity contribution in [3.63, 3.8) is 0 Å². The van der Waals surface area contributed by atoms with Gasteiger partial charge >= 0.3 is 0 Å². The smallest absolute Gasteiger partial charge is 0.291 e. The molecule has 8 nitrogen and oxygen atoms in total. The van der Waals surface area contributed by atoms with Crippen LogP contribution in [0.15, 0.2) is 46.5 Å². The molecular formula is C18H20FN5O3S. The zero-order chi connectivity index (χ0) is 20.5. The second-order valence-corrected chi connectivity index (χ2v) is 8.46. The van der Waals surface area contributed by atoms with Gasteiger partial charge in [-0.05, 0) is 50.8 Å². The summed E-state index contributed by atoms with van der Waals surface area (Å²) in [6.07, 6.45) is 1.58. The Hall–Kier alpha value is -2.85. The number of carbonyl (C=O) groups excluding carboxylic acids is 1. The number of rotatable bonds is 5. The molecule has 28 heavy (non-hydrogen) atoms. The first-order valence-corrected chi connectivity index (χ1v) is 9.96. The molecule has 1 N–H and O–H groups in total. The van der Waals surface area contributed by atoms with Crippen LogP contribution < -0.4 is 10.3 Å². The number of halogens is 1. The predicted molar refractivity (Wildman–Crippen MR) is 105 cm³/mol. The van der Waals surface area contributed by atoms with E-state index in [0.29, 0.717) is 6.54 Å². The van der Waals surface area contributed by atoms with Crippen LogP contribution >= 0.6 is 0 Å². The Labute approximate surface area is 162 Å². The highest BCUT2D eigenvalue weighted by Crippen LogP contribution is 2.33. The number of anilines is 2. The third kappa shape index (κ3) is 3.87. The lowest BCUT2D eigenvalue weighted by molar-refractivity contribution is -0.112. The minimum atomic E-state index is -4.29. The second kappa shape index (κ2) is 7.64. The number of aromatic nitrogens is 1. The van der Waals surface area contributed by atoms with Gasteiger partial charge in [-0.3, -0.25) is 10.2 Å².